The van der Waals surface area contributed by atoms with Crippen molar-refractivity contribution in [3.63, 3.8) is 0 Å². The molecule has 1 aromatic rings. The monoisotopic (exact) mass is 209 g/mol. The van der Waals surface area contributed by atoms with Gasteiger partial charge in [0.25, 0.3) is 0 Å². The molecule has 1 unspecified atom stereocenters. The summed E-state index contributed by atoms with van der Waals surface area (Å²) in [7, 11) is 0. The third kappa shape index (κ3) is 4.00. The summed E-state index contributed by atoms with van der Waals surface area (Å²) in [5.74, 6) is 0.454. The van der Waals surface area contributed by atoms with Gasteiger partial charge in [0.1, 0.15) is 5.82 Å². The third-order valence-corrected chi connectivity index (χ3v) is 2.56. The van der Waals surface area contributed by atoms with E-state index in [2.05, 4.69) is 19.2 Å². The lowest BCUT2D eigenvalue weighted by Crippen LogP contribution is -2.21. The highest BCUT2D eigenvalue weighted by Gasteiger charge is 2.05. The Morgan fingerprint density at radius 2 is 2.13 bits per heavy atom. The minimum Gasteiger partial charge on any atom is -0.317 e. The van der Waals surface area contributed by atoms with Crippen molar-refractivity contribution >= 4 is 0 Å². The predicted molar refractivity (Wildman–Crippen MR) is 62.5 cm³/mol. The standard InChI is InChI=1S/C13H20FN/c1-4-15-9-10(2)7-12-6-5-11(3)13(14)8-12/h5-6,8,10,15H,4,7,9H2,1-3H3. The van der Waals surface area contributed by atoms with Gasteiger partial charge in [-0.1, -0.05) is 26.0 Å². The molecule has 0 heterocycles. The number of nitrogens with one attached hydrogen (secondary N) is 1. The maximum atomic E-state index is 13.3. The van der Waals surface area contributed by atoms with Crippen molar-refractivity contribution < 1.29 is 4.39 Å². The molecule has 15 heavy (non-hydrogen) atoms. The molecule has 1 nitrogen and oxygen atoms in total. The summed E-state index contributed by atoms with van der Waals surface area (Å²) < 4.78 is 13.3. The van der Waals surface area contributed by atoms with E-state index in [1.165, 1.54) is 0 Å². The molecule has 0 aliphatic carbocycles. The molecule has 0 saturated carbocycles. The molecule has 1 rings (SSSR count). The van der Waals surface area contributed by atoms with Gasteiger partial charge in [-0.2, -0.15) is 0 Å². The normalized spacial score (nSPS) is 12.8. The van der Waals surface area contributed by atoms with Gasteiger partial charge in [0, 0.05) is 0 Å². The largest absolute Gasteiger partial charge is 0.317 e. The third-order valence-electron chi connectivity index (χ3n) is 2.56. The molecule has 0 radical (unpaired) electrons. The quantitative estimate of drug-likeness (QED) is 0.786. The molecule has 1 aromatic carbocycles. The number of aryl methyl sites for hydroxylation is 1. The summed E-state index contributed by atoms with van der Waals surface area (Å²) in [6.07, 6.45) is 0.935. The summed E-state index contributed by atoms with van der Waals surface area (Å²) in [5.41, 5.74) is 1.81. The number of rotatable bonds is 5. The van der Waals surface area contributed by atoms with E-state index in [-0.39, 0.29) is 5.82 Å². The second-order valence-corrected chi connectivity index (χ2v) is 4.20. The molecule has 0 aromatic heterocycles. The Labute approximate surface area is 91.7 Å². The molecule has 0 amide bonds. The maximum Gasteiger partial charge on any atom is 0.126 e. The number of halogens is 1. The van der Waals surface area contributed by atoms with Gasteiger partial charge in [0.05, 0.1) is 0 Å². The molecule has 84 valence electrons. The SMILES string of the molecule is CCNCC(C)Cc1ccc(C)c(F)c1. The van der Waals surface area contributed by atoms with E-state index in [1.807, 2.05) is 12.1 Å². The smallest absolute Gasteiger partial charge is 0.126 e. The molecule has 1 atom stereocenters. The summed E-state index contributed by atoms with van der Waals surface area (Å²) in [5, 5.41) is 3.30. The Balaban J connectivity index is 2.53. The van der Waals surface area contributed by atoms with Crippen molar-refractivity contribution in [3.05, 3.63) is 35.1 Å². The topological polar surface area (TPSA) is 12.0 Å². The van der Waals surface area contributed by atoms with Crippen molar-refractivity contribution in [1.29, 1.82) is 0 Å². The van der Waals surface area contributed by atoms with Crippen molar-refractivity contribution in [2.75, 3.05) is 13.1 Å². The van der Waals surface area contributed by atoms with Gasteiger partial charge < -0.3 is 5.32 Å². The van der Waals surface area contributed by atoms with Crippen LogP contribution in [-0.2, 0) is 6.42 Å². The van der Waals surface area contributed by atoms with Crippen LogP contribution in [0.25, 0.3) is 0 Å². The zero-order valence-electron chi connectivity index (χ0n) is 9.81. The summed E-state index contributed by atoms with van der Waals surface area (Å²) in [4.78, 5) is 0. The molecule has 0 aliphatic heterocycles. The first-order valence-electron chi connectivity index (χ1n) is 5.59. The number of benzene rings is 1. The second-order valence-electron chi connectivity index (χ2n) is 4.20. The Hall–Kier alpha value is -0.890. The van der Waals surface area contributed by atoms with Crippen molar-refractivity contribution in [2.24, 2.45) is 5.92 Å². The Morgan fingerprint density at radius 1 is 1.40 bits per heavy atom. The van der Waals surface area contributed by atoms with E-state index in [1.54, 1.807) is 13.0 Å². The Morgan fingerprint density at radius 3 is 2.73 bits per heavy atom. The maximum absolute atomic E-state index is 13.3. The van der Waals surface area contributed by atoms with Crippen LogP contribution >= 0.6 is 0 Å². The van der Waals surface area contributed by atoms with Crippen molar-refractivity contribution in [2.45, 2.75) is 27.2 Å². The molecular weight excluding hydrogens is 189 g/mol. The average Bonchev–Trinajstić information content (AvgIpc) is 2.20. The van der Waals surface area contributed by atoms with Crippen LogP contribution in [0.1, 0.15) is 25.0 Å². The minimum absolute atomic E-state index is 0.0943. The van der Waals surface area contributed by atoms with Gasteiger partial charge >= 0.3 is 0 Å². The fourth-order valence-electron chi connectivity index (χ4n) is 1.63. The number of hydrogen-bond acceptors (Lipinski definition) is 1. The highest BCUT2D eigenvalue weighted by molar-refractivity contribution is 5.23. The van der Waals surface area contributed by atoms with Crippen molar-refractivity contribution in [1.82, 2.24) is 5.32 Å². The molecule has 1 N–H and O–H groups in total. The lowest BCUT2D eigenvalue weighted by atomic mass is 10.00. The van der Waals surface area contributed by atoms with Crippen molar-refractivity contribution in [3.8, 4) is 0 Å². The van der Waals surface area contributed by atoms with Crippen LogP contribution in [0, 0.1) is 18.7 Å². The molecule has 0 fully saturated rings. The van der Waals surface area contributed by atoms with E-state index in [0.717, 1.165) is 30.6 Å². The van der Waals surface area contributed by atoms with Gasteiger partial charge in [0.15, 0.2) is 0 Å². The highest BCUT2D eigenvalue weighted by Crippen LogP contribution is 2.12. The van der Waals surface area contributed by atoms with Crippen LogP contribution in [0.2, 0.25) is 0 Å². The van der Waals surface area contributed by atoms with Gasteiger partial charge in [-0.05, 0) is 49.5 Å². The summed E-state index contributed by atoms with van der Waals surface area (Å²) in [6.45, 7) is 8.05. The highest BCUT2D eigenvalue weighted by atomic mass is 19.1. The first-order chi connectivity index (χ1) is 7.13. The van der Waals surface area contributed by atoms with E-state index in [4.69, 9.17) is 0 Å². The molecular formula is C13H20FN. The first kappa shape index (κ1) is 12.2. The predicted octanol–water partition coefficient (Wildman–Crippen LogP) is 2.92. The van der Waals surface area contributed by atoms with Crippen LogP contribution in [0.3, 0.4) is 0 Å². The van der Waals surface area contributed by atoms with Gasteiger partial charge in [-0.3, -0.25) is 0 Å². The summed E-state index contributed by atoms with van der Waals surface area (Å²) >= 11 is 0. The molecule has 0 bridgehead atoms. The van der Waals surface area contributed by atoms with Gasteiger partial charge in [0.2, 0.25) is 0 Å². The van der Waals surface area contributed by atoms with E-state index < -0.39 is 0 Å². The van der Waals surface area contributed by atoms with Crippen LogP contribution in [-0.4, -0.2) is 13.1 Å². The molecule has 0 saturated heterocycles. The zero-order valence-corrected chi connectivity index (χ0v) is 9.81. The zero-order chi connectivity index (χ0) is 11.3. The van der Waals surface area contributed by atoms with Gasteiger partial charge in [-0.15, -0.1) is 0 Å². The fourth-order valence-corrected chi connectivity index (χ4v) is 1.63. The van der Waals surface area contributed by atoms with Crippen LogP contribution < -0.4 is 5.32 Å². The fraction of sp³-hybridized carbons (Fsp3) is 0.538. The lowest BCUT2D eigenvalue weighted by Gasteiger charge is -2.12. The van der Waals surface area contributed by atoms with E-state index in [0.29, 0.717) is 5.92 Å². The Kier molecular flexibility index (Phi) is 4.76. The van der Waals surface area contributed by atoms with E-state index in [9.17, 15) is 4.39 Å². The van der Waals surface area contributed by atoms with Crippen LogP contribution in [0.15, 0.2) is 18.2 Å². The first-order valence-corrected chi connectivity index (χ1v) is 5.59. The molecule has 0 spiro atoms. The molecule has 2 heteroatoms. The minimum atomic E-state index is -0.0943. The number of hydrogen-bond donors (Lipinski definition) is 1. The van der Waals surface area contributed by atoms with Gasteiger partial charge in [-0.25, -0.2) is 4.39 Å². The van der Waals surface area contributed by atoms with Crippen LogP contribution in [0.5, 0.6) is 0 Å². The molecule has 0 aliphatic rings. The second kappa shape index (κ2) is 5.86. The summed E-state index contributed by atoms with van der Waals surface area (Å²) in [6, 6.07) is 5.52. The van der Waals surface area contributed by atoms with E-state index >= 15 is 0 Å². The van der Waals surface area contributed by atoms with Crippen LogP contribution in [0.4, 0.5) is 4.39 Å². The average molecular weight is 209 g/mol. The Bertz CT molecular complexity index is 309. The lowest BCUT2D eigenvalue weighted by molar-refractivity contribution is 0.519.